The molecule has 0 saturated heterocycles. The lowest BCUT2D eigenvalue weighted by atomic mass is 9.94. The number of nitrogens with zero attached hydrogens (tertiary/aromatic N) is 3. The Morgan fingerprint density at radius 1 is 1.40 bits per heavy atom. The van der Waals surface area contributed by atoms with E-state index in [1.165, 1.54) is 11.1 Å². The first-order chi connectivity index (χ1) is 9.63. The van der Waals surface area contributed by atoms with E-state index in [9.17, 15) is 4.79 Å². The van der Waals surface area contributed by atoms with Crippen molar-refractivity contribution in [1.29, 1.82) is 0 Å². The maximum atomic E-state index is 11.3. The minimum absolute atomic E-state index is 0.0985. The zero-order chi connectivity index (χ0) is 14.1. The van der Waals surface area contributed by atoms with E-state index in [1.54, 1.807) is 6.92 Å². The third-order valence-corrected chi connectivity index (χ3v) is 3.53. The van der Waals surface area contributed by atoms with Gasteiger partial charge in [-0.3, -0.25) is 9.69 Å². The largest absolute Gasteiger partial charge is 0.424 e. The van der Waals surface area contributed by atoms with Gasteiger partial charge in [-0.1, -0.05) is 24.3 Å². The van der Waals surface area contributed by atoms with E-state index in [-0.39, 0.29) is 18.5 Å². The van der Waals surface area contributed by atoms with E-state index in [2.05, 4.69) is 22.3 Å². The molecule has 1 aliphatic heterocycles. The fraction of sp³-hybridized carbons (Fsp3) is 0.357. The quantitative estimate of drug-likeness (QED) is 0.899. The minimum atomic E-state index is -0.356. The van der Waals surface area contributed by atoms with Crippen molar-refractivity contribution in [2.75, 3.05) is 6.54 Å². The molecule has 2 heterocycles. The first-order valence-corrected chi connectivity index (χ1v) is 6.52. The average molecular weight is 272 g/mol. The summed E-state index contributed by atoms with van der Waals surface area (Å²) in [6.07, 6.45) is 0.741. The second kappa shape index (κ2) is 5.05. The SMILES string of the molecule is Cc1nnc([C@H]2Cc3ccccc3CN2CC(N)=O)o1. The van der Waals surface area contributed by atoms with Crippen LogP contribution in [-0.2, 0) is 17.8 Å². The van der Waals surface area contributed by atoms with Gasteiger partial charge in [0.05, 0.1) is 12.6 Å². The maximum Gasteiger partial charge on any atom is 0.233 e. The average Bonchev–Trinajstić information content (AvgIpc) is 2.84. The number of nitrogens with two attached hydrogens (primary N) is 1. The molecular formula is C14H16N4O2. The van der Waals surface area contributed by atoms with E-state index < -0.39 is 0 Å². The van der Waals surface area contributed by atoms with Gasteiger partial charge in [-0.15, -0.1) is 10.2 Å². The van der Waals surface area contributed by atoms with Gasteiger partial charge in [-0.25, -0.2) is 0 Å². The number of carbonyl (C=O) groups excluding carboxylic acids is 1. The predicted molar refractivity (Wildman–Crippen MR) is 71.5 cm³/mol. The zero-order valence-electron chi connectivity index (χ0n) is 11.2. The van der Waals surface area contributed by atoms with Crippen LogP contribution in [0.1, 0.15) is 29.0 Å². The van der Waals surface area contributed by atoms with Gasteiger partial charge in [0.25, 0.3) is 0 Å². The van der Waals surface area contributed by atoms with Gasteiger partial charge in [0.1, 0.15) is 0 Å². The molecule has 2 N–H and O–H groups in total. The number of amides is 1. The lowest BCUT2D eigenvalue weighted by molar-refractivity contribution is -0.120. The predicted octanol–water partition coefficient (Wildman–Crippen LogP) is 0.963. The third-order valence-electron chi connectivity index (χ3n) is 3.53. The van der Waals surface area contributed by atoms with Gasteiger partial charge in [0.15, 0.2) is 0 Å². The molecule has 1 aliphatic rings. The Morgan fingerprint density at radius 3 is 2.80 bits per heavy atom. The van der Waals surface area contributed by atoms with Crippen molar-refractivity contribution in [3.05, 3.63) is 47.2 Å². The van der Waals surface area contributed by atoms with Crippen LogP contribution in [0.2, 0.25) is 0 Å². The smallest absolute Gasteiger partial charge is 0.233 e. The number of fused-ring (bicyclic) bond motifs is 1. The van der Waals surface area contributed by atoms with Crippen molar-refractivity contribution < 1.29 is 9.21 Å². The molecule has 1 aromatic heterocycles. The fourth-order valence-corrected chi connectivity index (χ4v) is 2.63. The summed E-state index contributed by atoms with van der Waals surface area (Å²) in [5.41, 5.74) is 7.80. The van der Waals surface area contributed by atoms with Gasteiger partial charge in [0, 0.05) is 13.5 Å². The first kappa shape index (κ1) is 12.8. The molecule has 1 aromatic carbocycles. The second-order valence-corrected chi connectivity index (χ2v) is 5.02. The highest BCUT2D eigenvalue weighted by atomic mass is 16.4. The standard InChI is InChI=1S/C14H16N4O2/c1-9-16-17-14(20-9)12-6-10-4-2-3-5-11(10)7-18(12)8-13(15)19/h2-5,12H,6-8H2,1H3,(H2,15,19)/t12-/m1/s1. The highest BCUT2D eigenvalue weighted by molar-refractivity contribution is 5.76. The maximum absolute atomic E-state index is 11.3. The molecule has 3 rings (SSSR count). The molecule has 0 saturated carbocycles. The summed E-state index contributed by atoms with van der Waals surface area (Å²) >= 11 is 0. The molecule has 20 heavy (non-hydrogen) atoms. The number of hydrogen-bond acceptors (Lipinski definition) is 5. The number of hydrogen-bond donors (Lipinski definition) is 1. The molecule has 0 aliphatic carbocycles. The topological polar surface area (TPSA) is 85.3 Å². The van der Waals surface area contributed by atoms with Crippen LogP contribution in [0.25, 0.3) is 0 Å². The summed E-state index contributed by atoms with van der Waals surface area (Å²) in [6.45, 7) is 2.59. The Kier molecular flexibility index (Phi) is 3.23. The van der Waals surface area contributed by atoms with Gasteiger partial charge in [-0.2, -0.15) is 0 Å². The van der Waals surface area contributed by atoms with Crippen molar-refractivity contribution in [2.45, 2.75) is 25.9 Å². The van der Waals surface area contributed by atoms with Crippen LogP contribution in [0.5, 0.6) is 0 Å². The Bertz CT molecular complexity index is 638. The highest BCUT2D eigenvalue weighted by Crippen LogP contribution is 2.32. The van der Waals surface area contributed by atoms with Crippen LogP contribution < -0.4 is 5.73 Å². The second-order valence-electron chi connectivity index (χ2n) is 5.02. The summed E-state index contributed by atoms with van der Waals surface area (Å²) in [7, 11) is 0. The molecule has 0 unspecified atom stereocenters. The molecule has 6 heteroatoms. The van der Waals surface area contributed by atoms with Crippen molar-refractivity contribution in [1.82, 2.24) is 15.1 Å². The molecule has 0 bridgehead atoms. The highest BCUT2D eigenvalue weighted by Gasteiger charge is 2.31. The van der Waals surface area contributed by atoms with E-state index in [0.29, 0.717) is 18.3 Å². The summed E-state index contributed by atoms with van der Waals surface area (Å²) in [5, 5.41) is 7.96. The fourth-order valence-electron chi connectivity index (χ4n) is 2.63. The number of aromatic nitrogens is 2. The van der Waals surface area contributed by atoms with E-state index in [1.807, 2.05) is 17.0 Å². The molecule has 0 radical (unpaired) electrons. The van der Waals surface area contributed by atoms with Crippen molar-refractivity contribution in [3.63, 3.8) is 0 Å². The lowest BCUT2D eigenvalue weighted by Crippen LogP contribution is -2.40. The van der Waals surface area contributed by atoms with Crippen molar-refractivity contribution in [3.8, 4) is 0 Å². The molecule has 104 valence electrons. The summed E-state index contributed by atoms with van der Waals surface area (Å²) in [6, 6.07) is 8.07. The molecule has 1 amide bonds. The Hall–Kier alpha value is -2.21. The molecule has 0 spiro atoms. The van der Waals surface area contributed by atoms with Crippen molar-refractivity contribution in [2.24, 2.45) is 5.73 Å². The van der Waals surface area contributed by atoms with E-state index in [0.717, 1.165) is 6.42 Å². The van der Waals surface area contributed by atoms with Crippen LogP contribution in [0.15, 0.2) is 28.7 Å². The number of primary amides is 1. The van der Waals surface area contributed by atoms with Gasteiger partial charge in [-0.05, 0) is 17.5 Å². The van der Waals surface area contributed by atoms with Crippen LogP contribution in [0.4, 0.5) is 0 Å². The summed E-state index contributed by atoms with van der Waals surface area (Å²) in [5.74, 6) is 0.710. The summed E-state index contributed by atoms with van der Waals surface area (Å²) < 4.78 is 5.53. The van der Waals surface area contributed by atoms with Gasteiger partial charge < -0.3 is 10.2 Å². The normalized spacial score (nSPS) is 18.8. The zero-order valence-corrected chi connectivity index (χ0v) is 11.2. The number of carbonyl (C=O) groups is 1. The summed E-state index contributed by atoms with van der Waals surface area (Å²) in [4.78, 5) is 13.3. The van der Waals surface area contributed by atoms with Crippen LogP contribution >= 0.6 is 0 Å². The number of benzene rings is 1. The van der Waals surface area contributed by atoms with E-state index >= 15 is 0 Å². The molecule has 2 aromatic rings. The van der Waals surface area contributed by atoms with Crippen molar-refractivity contribution >= 4 is 5.91 Å². The first-order valence-electron chi connectivity index (χ1n) is 6.52. The number of aryl methyl sites for hydroxylation is 1. The van der Waals surface area contributed by atoms with Crippen LogP contribution in [0.3, 0.4) is 0 Å². The van der Waals surface area contributed by atoms with Gasteiger partial charge in [0.2, 0.25) is 17.7 Å². The molecule has 6 nitrogen and oxygen atoms in total. The van der Waals surface area contributed by atoms with E-state index in [4.69, 9.17) is 10.2 Å². The number of rotatable bonds is 3. The molecule has 1 atom stereocenters. The molecular weight excluding hydrogens is 256 g/mol. The monoisotopic (exact) mass is 272 g/mol. The Morgan fingerprint density at radius 2 is 2.15 bits per heavy atom. The minimum Gasteiger partial charge on any atom is -0.424 e. The lowest BCUT2D eigenvalue weighted by Gasteiger charge is -2.33. The Labute approximate surface area is 116 Å². The molecule has 0 fully saturated rings. The van der Waals surface area contributed by atoms with Crippen LogP contribution in [-0.4, -0.2) is 27.5 Å². The Balaban J connectivity index is 1.95. The van der Waals surface area contributed by atoms with Crippen LogP contribution in [0, 0.1) is 6.92 Å². The van der Waals surface area contributed by atoms with Gasteiger partial charge >= 0.3 is 0 Å². The third kappa shape index (κ3) is 2.42.